The molecule has 6 heteroatoms. The van der Waals surface area contributed by atoms with E-state index in [2.05, 4.69) is 51.3 Å². The molecule has 1 fully saturated rings. The van der Waals surface area contributed by atoms with Gasteiger partial charge in [0.2, 0.25) is 0 Å². The lowest BCUT2D eigenvalue weighted by atomic mass is 10.0. The predicted molar refractivity (Wildman–Crippen MR) is 127 cm³/mol. The smallest absolute Gasteiger partial charge is 0.256 e. The first-order valence-electron chi connectivity index (χ1n) is 11.2. The van der Waals surface area contributed by atoms with Crippen LogP contribution in [-0.2, 0) is 6.54 Å². The zero-order chi connectivity index (χ0) is 22.1. The van der Waals surface area contributed by atoms with Crippen molar-refractivity contribution < 1.29 is 4.79 Å². The summed E-state index contributed by atoms with van der Waals surface area (Å²) in [6.45, 7) is 2.36. The minimum Gasteiger partial charge on any atom is -0.338 e. The Bertz CT molecular complexity index is 1220. The third kappa shape index (κ3) is 3.94. The molecule has 32 heavy (non-hydrogen) atoms. The lowest BCUT2D eigenvalue weighted by molar-refractivity contribution is 0.0665. The van der Waals surface area contributed by atoms with Crippen LogP contribution >= 0.6 is 0 Å². The normalized spacial score (nSPS) is 15.0. The third-order valence-corrected chi connectivity index (χ3v) is 6.49. The van der Waals surface area contributed by atoms with Crippen molar-refractivity contribution in [2.45, 2.75) is 25.4 Å². The van der Waals surface area contributed by atoms with Crippen LogP contribution in [0.3, 0.4) is 0 Å². The molecule has 0 unspecified atom stereocenters. The quantitative estimate of drug-likeness (QED) is 0.483. The molecule has 1 aliphatic heterocycles. The fourth-order valence-electron chi connectivity index (χ4n) is 4.65. The van der Waals surface area contributed by atoms with Crippen molar-refractivity contribution in [3.8, 4) is 11.4 Å². The Morgan fingerprint density at radius 3 is 2.56 bits per heavy atom. The van der Waals surface area contributed by atoms with Gasteiger partial charge in [-0.05, 0) is 50.7 Å². The first kappa shape index (κ1) is 20.5. The molecule has 0 atom stereocenters. The van der Waals surface area contributed by atoms with E-state index in [1.54, 1.807) is 0 Å². The fraction of sp³-hybridized carbons (Fsp3) is 0.308. The van der Waals surface area contributed by atoms with Crippen molar-refractivity contribution in [2.75, 3.05) is 27.2 Å². The van der Waals surface area contributed by atoms with Crippen LogP contribution in [0.25, 0.3) is 16.9 Å². The number of aromatic nitrogens is 3. The molecular formula is C26H29N5O. The zero-order valence-electron chi connectivity index (χ0n) is 18.7. The molecule has 1 amide bonds. The van der Waals surface area contributed by atoms with Gasteiger partial charge in [0.1, 0.15) is 5.69 Å². The van der Waals surface area contributed by atoms with E-state index in [-0.39, 0.29) is 5.91 Å². The summed E-state index contributed by atoms with van der Waals surface area (Å²) in [5, 5.41) is 0. The van der Waals surface area contributed by atoms with Crippen LogP contribution in [0.2, 0.25) is 0 Å². The number of imidazole rings is 1. The van der Waals surface area contributed by atoms with Gasteiger partial charge in [-0.2, -0.15) is 0 Å². The second kappa shape index (κ2) is 8.63. The largest absolute Gasteiger partial charge is 0.338 e. The summed E-state index contributed by atoms with van der Waals surface area (Å²) in [4.78, 5) is 22.4. The van der Waals surface area contributed by atoms with E-state index in [9.17, 15) is 4.79 Å². The molecule has 3 aromatic heterocycles. The number of hydrogen-bond donors (Lipinski definition) is 0. The number of pyridine rings is 1. The monoisotopic (exact) mass is 427 g/mol. The van der Waals surface area contributed by atoms with Crippen LogP contribution in [0, 0.1) is 0 Å². The maximum atomic E-state index is 13.5. The Balaban J connectivity index is 1.43. The number of benzene rings is 1. The van der Waals surface area contributed by atoms with Crippen molar-refractivity contribution in [3.05, 3.63) is 84.4 Å². The maximum Gasteiger partial charge on any atom is 0.256 e. The summed E-state index contributed by atoms with van der Waals surface area (Å²) >= 11 is 0. The first-order valence-corrected chi connectivity index (χ1v) is 11.2. The van der Waals surface area contributed by atoms with Crippen molar-refractivity contribution in [1.29, 1.82) is 0 Å². The van der Waals surface area contributed by atoms with Gasteiger partial charge >= 0.3 is 0 Å². The molecule has 1 saturated heterocycles. The molecule has 0 radical (unpaired) electrons. The van der Waals surface area contributed by atoms with Gasteiger partial charge in [0.25, 0.3) is 5.91 Å². The molecule has 4 aromatic rings. The summed E-state index contributed by atoms with van der Waals surface area (Å²) in [5.41, 5.74) is 4.72. The molecule has 1 aliphatic rings. The molecular weight excluding hydrogens is 398 g/mol. The van der Waals surface area contributed by atoms with Crippen LogP contribution in [0.15, 0.2) is 73.3 Å². The average molecular weight is 428 g/mol. The number of rotatable bonds is 5. The zero-order valence-corrected chi connectivity index (χ0v) is 18.7. The second-order valence-corrected chi connectivity index (χ2v) is 8.80. The fourth-order valence-corrected chi connectivity index (χ4v) is 4.65. The Kier molecular flexibility index (Phi) is 5.53. The lowest BCUT2D eigenvalue weighted by Gasteiger charge is -2.35. The molecule has 4 heterocycles. The van der Waals surface area contributed by atoms with Gasteiger partial charge in [0.05, 0.1) is 23.1 Å². The molecule has 0 N–H and O–H groups in total. The Hall–Kier alpha value is -3.38. The molecule has 0 saturated carbocycles. The highest BCUT2D eigenvalue weighted by molar-refractivity contribution is 6.02. The van der Waals surface area contributed by atoms with Gasteiger partial charge in [-0.1, -0.05) is 36.4 Å². The van der Waals surface area contributed by atoms with E-state index in [1.807, 2.05) is 59.9 Å². The summed E-state index contributed by atoms with van der Waals surface area (Å²) in [7, 11) is 4.24. The first-order chi connectivity index (χ1) is 15.6. The number of hydrogen-bond acceptors (Lipinski definition) is 3. The van der Waals surface area contributed by atoms with Gasteiger partial charge in [-0.25, -0.2) is 4.98 Å². The number of fused-ring (bicyclic) bond motifs is 1. The highest BCUT2D eigenvalue weighted by atomic mass is 16.2. The molecule has 0 bridgehead atoms. The second-order valence-electron chi connectivity index (χ2n) is 8.80. The van der Waals surface area contributed by atoms with Crippen LogP contribution in [0.1, 0.15) is 28.8 Å². The van der Waals surface area contributed by atoms with Gasteiger partial charge in [0.15, 0.2) is 0 Å². The van der Waals surface area contributed by atoms with E-state index in [0.717, 1.165) is 54.9 Å². The topological polar surface area (TPSA) is 45.8 Å². The summed E-state index contributed by atoms with van der Waals surface area (Å²) in [5.74, 6) is 0.112. The summed E-state index contributed by atoms with van der Waals surface area (Å²) in [6, 6.07) is 18.9. The Labute approximate surface area is 188 Å². The maximum absolute atomic E-state index is 13.5. The van der Waals surface area contributed by atoms with Crippen molar-refractivity contribution in [1.82, 2.24) is 23.8 Å². The number of carbonyl (C=O) groups is 1. The molecule has 164 valence electrons. The molecule has 5 rings (SSSR count). The highest BCUT2D eigenvalue weighted by Crippen LogP contribution is 2.27. The van der Waals surface area contributed by atoms with E-state index in [4.69, 9.17) is 0 Å². The number of nitrogens with zero attached hydrogens (tertiary/aromatic N) is 5. The van der Waals surface area contributed by atoms with Crippen LogP contribution in [-0.4, -0.2) is 62.9 Å². The average Bonchev–Trinajstić information content (AvgIpc) is 3.44. The minimum atomic E-state index is 0.112. The van der Waals surface area contributed by atoms with Crippen LogP contribution in [0.5, 0.6) is 0 Å². The van der Waals surface area contributed by atoms with Gasteiger partial charge in [0, 0.05) is 38.1 Å². The Morgan fingerprint density at radius 1 is 1.06 bits per heavy atom. The number of carbonyl (C=O) groups excluding carboxylic acids is 1. The lowest BCUT2D eigenvalue weighted by Crippen LogP contribution is -2.44. The van der Waals surface area contributed by atoms with Gasteiger partial charge in [-0.15, -0.1) is 0 Å². The summed E-state index contributed by atoms with van der Waals surface area (Å²) in [6.07, 6.45) is 7.95. The molecule has 1 aromatic carbocycles. The van der Waals surface area contributed by atoms with E-state index < -0.39 is 0 Å². The van der Waals surface area contributed by atoms with Crippen molar-refractivity contribution in [2.24, 2.45) is 0 Å². The van der Waals surface area contributed by atoms with Crippen LogP contribution < -0.4 is 0 Å². The molecule has 0 aliphatic carbocycles. The van der Waals surface area contributed by atoms with Crippen molar-refractivity contribution >= 4 is 11.4 Å². The number of amides is 1. The summed E-state index contributed by atoms with van der Waals surface area (Å²) < 4.78 is 4.16. The van der Waals surface area contributed by atoms with E-state index >= 15 is 0 Å². The van der Waals surface area contributed by atoms with Gasteiger partial charge in [-0.3, -0.25) is 4.79 Å². The van der Waals surface area contributed by atoms with E-state index in [0.29, 0.717) is 6.04 Å². The van der Waals surface area contributed by atoms with Crippen LogP contribution in [0.4, 0.5) is 0 Å². The van der Waals surface area contributed by atoms with Gasteiger partial charge < -0.3 is 18.8 Å². The number of likely N-dealkylation sites (tertiary alicyclic amines) is 1. The minimum absolute atomic E-state index is 0.112. The standard InChI is InChI=1S/C26H29N5O/c1-28(2)21-11-14-30(15-12-21)26(32)22-16-25(31-13-7-6-10-24(22)31)23-18-29(19-27-23)17-20-8-4-3-5-9-20/h3-10,13,16,18-19,21H,11-12,14-15,17H2,1-2H3. The third-order valence-electron chi connectivity index (χ3n) is 6.49. The SMILES string of the molecule is CN(C)C1CCN(C(=O)c2cc(-c3cn(Cc4ccccc4)cn3)n3ccccc23)CC1. The molecule has 6 nitrogen and oxygen atoms in total. The molecule has 0 spiro atoms. The predicted octanol–water partition coefficient (Wildman–Crippen LogP) is 4.02. The highest BCUT2D eigenvalue weighted by Gasteiger charge is 2.27. The van der Waals surface area contributed by atoms with E-state index in [1.165, 1.54) is 5.56 Å². The number of piperidine rings is 1. The Morgan fingerprint density at radius 2 is 1.81 bits per heavy atom. The van der Waals surface area contributed by atoms with Crippen molar-refractivity contribution in [3.63, 3.8) is 0 Å².